The molecule has 0 fully saturated rings. The number of carbonyl (C=O) groups excluding carboxylic acids is 1. The molecule has 0 aliphatic rings. The second-order valence-corrected chi connectivity index (χ2v) is 4.69. The molecule has 1 aromatic rings. The Morgan fingerprint density at radius 2 is 1.83 bits per heavy atom. The summed E-state index contributed by atoms with van der Waals surface area (Å²) in [5.74, 6) is 0.0726. The van der Waals surface area contributed by atoms with Crippen molar-refractivity contribution in [3.05, 3.63) is 73.0 Å². The first-order chi connectivity index (χ1) is 11.2. The summed E-state index contributed by atoms with van der Waals surface area (Å²) < 4.78 is 16.3. The predicted molar refractivity (Wildman–Crippen MR) is 90.8 cm³/mol. The summed E-state index contributed by atoms with van der Waals surface area (Å²) in [4.78, 5) is 11.7. The zero-order chi connectivity index (χ0) is 16.9. The van der Waals surface area contributed by atoms with Crippen LogP contribution in [0.4, 0.5) is 0 Å². The SMILES string of the molecule is C=CCO/C(=C\C(=O)OCC)CC(OCC=C)c1ccccc1. The Kier molecular flexibility index (Phi) is 9.17. The van der Waals surface area contributed by atoms with Crippen LogP contribution < -0.4 is 0 Å². The van der Waals surface area contributed by atoms with E-state index in [2.05, 4.69) is 13.2 Å². The van der Waals surface area contributed by atoms with Crippen LogP contribution in [0.25, 0.3) is 0 Å². The molecule has 0 amide bonds. The summed E-state index contributed by atoms with van der Waals surface area (Å²) in [6, 6.07) is 9.78. The van der Waals surface area contributed by atoms with Crippen LogP contribution in [-0.2, 0) is 19.0 Å². The number of hydrogen-bond donors (Lipinski definition) is 0. The van der Waals surface area contributed by atoms with E-state index in [0.29, 0.717) is 32.0 Å². The van der Waals surface area contributed by atoms with Crippen LogP contribution in [0.5, 0.6) is 0 Å². The molecule has 0 bridgehead atoms. The van der Waals surface area contributed by atoms with Gasteiger partial charge >= 0.3 is 5.97 Å². The lowest BCUT2D eigenvalue weighted by molar-refractivity contribution is -0.137. The van der Waals surface area contributed by atoms with Crippen molar-refractivity contribution in [2.24, 2.45) is 0 Å². The fourth-order valence-electron chi connectivity index (χ4n) is 1.95. The van der Waals surface area contributed by atoms with Crippen LogP contribution in [0.1, 0.15) is 25.0 Å². The van der Waals surface area contributed by atoms with Gasteiger partial charge in [-0.2, -0.15) is 0 Å². The maximum Gasteiger partial charge on any atom is 0.334 e. The normalized spacial score (nSPS) is 12.3. The quantitative estimate of drug-likeness (QED) is 0.268. The summed E-state index contributed by atoms with van der Waals surface area (Å²) in [5, 5.41) is 0. The fraction of sp³-hybridized carbons (Fsp3) is 0.316. The van der Waals surface area contributed by atoms with Crippen LogP contribution >= 0.6 is 0 Å². The van der Waals surface area contributed by atoms with Gasteiger partial charge in [-0.15, -0.1) is 6.58 Å². The molecule has 0 heterocycles. The van der Waals surface area contributed by atoms with Crippen molar-refractivity contribution in [2.75, 3.05) is 19.8 Å². The first-order valence-corrected chi connectivity index (χ1v) is 7.59. The Hall–Kier alpha value is -2.33. The number of hydrogen-bond acceptors (Lipinski definition) is 4. The highest BCUT2D eigenvalue weighted by molar-refractivity contribution is 5.82. The molecule has 124 valence electrons. The first-order valence-electron chi connectivity index (χ1n) is 7.59. The predicted octanol–water partition coefficient (Wildman–Crippen LogP) is 3.97. The fourth-order valence-corrected chi connectivity index (χ4v) is 1.95. The van der Waals surface area contributed by atoms with Crippen LogP contribution in [0.2, 0.25) is 0 Å². The van der Waals surface area contributed by atoms with Gasteiger partial charge in [-0.25, -0.2) is 4.79 Å². The van der Waals surface area contributed by atoms with Crippen LogP contribution in [-0.4, -0.2) is 25.8 Å². The summed E-state index contributed by atoms with van der Waals surface area (Å²) in [7, 11) is 0. The van der Waals surface area contributed by atoms with Crippen molar-refractivity contribution in [1.29, 1.82) is 0 Å². The van der Waals surface area contributed by atoms with E-state index in [9.17, 15) is 4.79 Å². The molecule has 1 rings (SSSR count). The van der Waals surface area contributed by atoms with Crippen molar-refractivity contribution < 1.29 is 19.0 Å². The molecule has 0 aromatic heterocycles. The molecular weight excluding hydrogens is 292 g/mol. The van der Waals surface area contributed by atoms with Gasteiger partial charge in [0.05, 0.1) is 25.4 Å². The van der Waals surface area contributed by atoms with E-state index in [1.54, 1.807) is 19.1 Å². The lowest BCUT2D eigenvalue weighted by Gasteiger charge is -2.19. The van der Waals surface area contributed by atoms with Crippen LogP contribution in [0.15, 0.2) is 67.5 Å². The maximum absolute atomic E-state index is 11.7. The Labute approximate surface area is 138 Å². The van der Waals surface area contributed by atoms with Crippen LogP contribution in [0.3, 0.4) is 0 Å². The minimum absolute atomic E-state index is 0.236. The van der Waals surface area contributed by atoms with Gasteiger partial charge in [0.1, 0.15) is 12.4 Å². The lowest BCUT2D eigenvalue weighted by Crippen LogP contribution is -2.10. The Morgan fingerprint density at radius 1 is 1.13 bits per heavy atom. The highest BCUT2D eigenvalue weighted by atomic mass is 16.5. The van der Waals surface area contributed by atoms with Gasteiger partial charge in [-0.05, 0) is 12.5 Å². The van der Waals surface area contributed by atoms with Gasteiger partial charge in [0.2, 0.25) is 0 Å². The topological polar surface area (TPSA) is 44.8 Å². The number of carbonyl (C=O) groups is 1. The first kappa shape index (κ1) is 18.7. The zero-order valence-corrected chi connectivity index (χ0v) is 13.6. The van der Waals surface area contributed by atoms with Gasteiger partial charge < -0.3 is 14.2 Å². The molecule has 4 heteroatoms. The molecule has 1 unspecified atom stereocenters. The van der Waals surface area contributed by atoms with Crippen molar-refractivity contribution in [1.82, 2.24) is 0 Å². The van der Waals surface area contributed by atoms with Gasteiger partial charge in [0, 0.05) is 6.42 Å². The minimum Gasteiger partial charge on any atom is -0.494 e. The number of ether oxygens (including phenoxy) is 3. The second-order valence-electron chi connectivity index (χ2n) is 4.69. The standard InChI is InChI=1S/C19H24O4/c1-4-12-22-17(15-19(20)21-6-3)14-18(23-13-5-2)16-10-8-7-9-11-16/h4-5,7-11,15,18H,1-2,6,12-14H2,3H3/b17-15-. The van der Waals surface area contributed by atoms with Crippen molar-refractivity contribution in [2.45, 2.75) is 19.4 Å². The van der Waals surface area contributed by atoms with E-state index in [1.807, 2.05) is 30.3 Å². The number of benzene rings is 1. The van der Waals surface area contributed by atoms with Gasteiger partial charge in [-0.1, -0.05) is 49.1 Å². The molecule has 0 saturated carbocycles. The molecule has 1 atom stereocenters. The molecule has 0 aliphatic heterocycles. The van der Waals surface area contributed by atoms with Crippen molar-refractivity contribution >= 4 is 5.97 Å². The van der Waals surface area contributed by atoms with E-state index in [-0.39, 0.29) is 6.10 Å². The Bertz CT molecular complexity index is 519. The third-order valence-corrected chi connectivity index (χ3v) is 2.93. The lowest BCUT2D eigenvalue weighted by atomic mass is 10.1. The summed E-state index contributed by atoms with van der Waals surface area (Å²) in [6.45, 7) is 10.1. The molecule has 4 nitrogen and oxygen atoms in total. The molecular formula is C19H24O4. The maximum atomic E-state index is 11.7. The molecule has 0 N–H and O–H groups in total. The van der Waals surface area contributed by atoms with E-state index < -0.39 is 5.97 Å². The molecule has 0 radical (unpaired) electrons. The van der Waals surface area contributed by atoms with Gasteiger partial charge in [0.25, 0.3) is 0 Å². The van der Waals surface area contributed by atoms with E-state index in [1.165, 1.54) is 6.08 Å². The average molecular weight is 316 g/mol. The van der Waals surface area contributed by atoms with E-state index in [4.69, 9.17) is 14.2 Å². The minimum atomic E-state index is -0.429. The van der Waals surface area contributed by atoms with Crippen molar-refractivity contribution in [3.63, 3.8) is 0 Å². The second kappa shape index (κ2) is 11.3. The smallest absolute Gasteiger partial charge is 0.334 e. The monoisotopic (exact) mass is 316 g/mol. The van der Waals surface area contributed by atoms with E-state index in [0.717, 1.165) is 5.56 Å². The highest BCUT2D eigenvalue weighted by Gasteiger charge is 2.16. The molecule has 1 aromatic carbocycles. The van der Waals surface area contributed by atoms with Gasteiger partial charge in [0.15, 0.2) is 0 Å². The number of esters is 1. The summed E-state index contributed by atoms with van der Waals surface area (Å²) in [6.07, 6.45) is 4.86. The zero-order valence-electron chi connectivity index (χ0n) is 13.6. The van der Waals surface area contributed by atoms with Gasteiger partial charge in [-0.3, -0.25) is 0 Å². The summed E-state index contributed by atoms with van der Waals surface area (Å²) in [5.41, 5.74) is 1.01. The largest absolute Gasteiger partial charge is 0.494 e. The van der Waals surface area contributed by atoms with Crippen LogP contribution in [0, 0.1) is 0 Å². The highest BCUT2D eigenvalue weighted by Crippen LogP contribution is 2.25. The molecule has 23 heavy (non-hydrogen) atoms. The number of rotatable bonds is 11. The van der Waals surface area contributed by atoms with E-state index >= 15 is 0 Å². The third kappa shape index (κ3) is 7.47. The van der Waals surface area contributed by atoms with Crippen molar-refractivity contribution in [3.8, 4) is 0 Å². The molecule has 0 saturated heterocycles. The molecule has 0 spiro atoms. The Morgan fingerprint density at radius 3 is 2.43 bits per heavy atom. The molecule has 0 aliphatic carbocycles. The average Bonchev–Trinajstić information content (AvgIpc) is 2.57. The Balaban J connectivity index is 2.91. The third-order valence-electron chi connectivity index (χ3n) is 2.93. The summed E-state index contributed by atoms with van der Waals surface area (Å²) >= 11 is 0.